The van der Waals surface area contributed by atoms with E-state index < -0.39 is 0 Å². The van der Waals surface area contributed by atoms with Gasteiger partial charge in [0.15, 0.2) is 0 Å². The molecule has 0 aliphatic heterocycles. The third-order valence-corrected chi connectivity index (χ3v) is 6.13. The van der Waals surface area contributed by atoms with Crippen LogP contribution in [0.3, 0.4) is 0 Å². The smallest absolute Gasteiger partial charge is 0.339 e. The normalized spacial score (nSPS) is 14.0. The summed E-state index contributed by atoms with van der Waals surface area (Å²) >= 11 is 0. The molecule has 0 unspecified atom stereocenters. The van der Waals surface area contributed by atoms with Crippen LogP contribution in [0.5, 0.6) is 5.75 Å². The molecule has 0 N–H and O–H groups in total. The first kappa shape index (κ1) is 20.9. The van der Waals surface area contributed by atoms with Gasteiger partial charge in [0.2, 0.25) is 0 Å². The maximum absolute atomic E-state index is 13.3. The molecule has 6 heteroatoms. The Labute approximate surface area is 191 Å². The fourth-order valence-electron chi connectivity index (χ4n) is 4.33. The Balaban J connectivity index is 1.54. The van der Waals surface area contributed by atoms with Crippen molar-refractivity contribution < 1.29 is 18.8 Å². The zero-order valence-electron chi connectivity index (χ0n) is 18.8. The number of carbonyl (C=O) groups is 1. The number of para-hydroxylation sites is 1. The number of esters is 1. The van der Waals surface area contributed by atoms with Crippen molar-refractivity contribution in [3.63, 3.8) is 0 Å². The van der Waals surface area contributed by atoms with E-state index >= 15 is 0 Å². The second kappa shape index (κ2) is 8.54. The minimum absolute atomic E-state index is 0.125. The zero-order valence-corrected chi connectivity index (χ0v) is 18.8. The van der Waals surface area contributed by atoms with Gasteiger partial charge in [0.05, 0.1) is 35.1 Å². The zero-order chi connectivity index (χ0) is 22.9. The van der Waals surface area contributed by atoms with Crippen LogP contribution in [0.4, 0.5) is 0 Å². The Morgan fingerprint density at radius 2 is 1.88 bits per heavy atom. The molecule has 1 aliphatic carbocycles. The number of ether oxygens (including phenoxy) is 2. The summed E-state index contributed by atoms with van der Waals surface area (Å²) < 4.78 is 16.2. The summed E-state index contributed by atoms with van der Waals surface area (Å²) in [6, 6.07) is 15.6. The van der Waals surface area contributed by atoms with Gasteiger partial charge in [-0.3, -0.25) is 0 Å². The number of methoxy groups -OCH3 is 1. The number of aromatic nitrogens is 2. The average Bonchev–Trinajstić information content (AvgIpc) is 3.38. The number of pyridine rings is 1. The molecule has 0 radical (unpaired) electrons. The number of benzene rings is 2. The second-order valence-corrected chi connectivity index (χ2v) is 8.15. The number of rotatable bonds is 5. The van der Waals surface area contributed by atoms with Crippen LogP contribution in [-0.4, -0.2) is 23.2 Å². The standard InChI is InChI=1S/C27H24N2O4/c1-16-23(17(2)33-29-16)15-32-27(30)25-21-6-4-5-7-24(21)28-26-19(10-13-22(25)26)14-18-8-11-20(31-3)12-9-18/h4-9,11-12,14H,10,13,15H2,1-3H3. The van der Waals surface area contributed by atoms with E-state index in [1.165, 1.54) is 0 Å². The Morgan fingerprint density at radius 1 is 1.09 bits per heavy atom. The molecule has 1 aliphatic rings. The third kappa shape index (κ3) is 3.89. The monoisotopic (exact) mass is 440 g/mol. The van der Waals surface area contributed by atoms with Crippen molar-refractivity contribution in [2.45, 2.75) is 33.3 Å². The summed E-state index contributed by atoms with van der Waals surface area (Å²) in [6.45, 7) is 3.79. The van der Waals surface area contributed by atoms with Crippen LogP contribution in [0.2, 0.25) is 0 Å². The largest absolute Gasteiger partial charge is 0.497 e. The van der Waals surface area contributed by atoms with Crippen LogP contribution in [0.15, 0.2) is 53.1 Å². The van der Waals surface area contributed by atoms with Gasteiger partial charge >= 0.3 is 5.97 Å². The Morgan fingerprint density at radius 3 is 2.61 bits per heavy atom. The Hall–Kier alpha value is -3.93. The number of nitrogens with zero attached hydrogens (tertiary/aromatic N) is 2. The predicted octanol–water partition coefficient (Wildman–Crippen LogP) is 5.69. The van der Waals surface area contributed by atoms with Crippen LogP contribution in [0.25, 0.3) is 22.6 Å². The number of allylic oxidation sites excluding steroid dienone is 1. The molecular formula is C27H24N2O4. The molecule has 2 aromatic carbocycles. The molecule has 4 aromatic rings. The molecule has 0 saturated carbocycles. The van der Waals surface area contributed by atoms with Crippen molar-refractivity contribution in [2.24, 2.45) is 0 Å². The fraction of sp³-hybridized carbons (Fsp3) is 0.222. The summed E-state index contributed by atoms with van der Waals surface area (Å²) in [5.74, 6) is 1.13. The third-order valence-electron chi connectivity index (χ3n) is 6.13. The van der Waals surface area contributed by atoms with E-state index in [-0.39, 0.29) is 12.6 Å². The van der Waals surface area contributed by atoms with Gasteiger partial charge in [0.1, 0.15) is 18.1 Å². The SMILES string of the molecule is COc1ccc(C=C2CCc3c2nc2ccccc2c3C(=O)OCc2c(C)noc2C)cc1. The van der Waals surface area contributed by atoms with Gasteiger partial charge in [0.25, 0.3) is 0 Å². The molecule has 5 rings (SSSR count). The Bertz CT molecular complexity index is 1360. The fourth-order valence-corrected chi connectivity index (χ4v) is 4.33. The minimum atomic E-state index is -0.351. The topological polar surface area (TPSA) is 74.5 Å². The van der Waals surface area contributed by atoms with Gasteiger partial charge in [-0.1, -0.05) is 35.5 Å². The minimum Gasteiger partial charge on any atom is -0.497 e. The van der Waals surface area contributed by atoms with E-state index in [4.69, 9.17) is 19.0 Å². The van der Waals surface area contributed by atoms with Crippen LogP contribution in [0, 0.1) is 13.8 Å². The highest BCUT2D eigenvalue weighted by Gasteiger charge is 2.28. The lowest BCUT2D eigenvalue weighted by molar-refractivity contribution is 0.0472. The summed E-state index contributed by atoms with van der Waals surface area (Å²) in [5, 5.41) is 4.75. The van der Waals surface area contributed by atoms with Crippen molar-refractivity contribution in [3.8, 4) is 5.75 Å². The number of hydrogen-bond donors (Lipinski definition) is 0. The van der Waals surface area contributed by atoms with Gasteiger partial charge in [-0.2, -0.15) is 0 Å². The summed E-state index contributed by atoms with van der Waals surface area (Å²) in [6.07, 6.45) is 3.69. The highest BCUT2D eigenvalue weighted by Crippen LogP contribution is 2.38. The maximum Gasteiger partial charge on any atom is 0.339 e. The van der Waals surface area contributed by atoms with E-state index in [1.54, 1.807) is 7.11 Å². The molecule has 0 fully saturated rings. The lowest BCUT2D eigenvalue weighted by Crippen LogP contribution is -2.11. The van der Waals surface area contributed by atoms with Crippen molar-refractivity contribution in [1.29, 1.82) is 0 Å². The molecular weight excluding hydrogens is 416 g/mol. The number of aryl methyl sites for hydroxylation is 2. The first-order valence-corrected chi connectivity index (χ1v) is 10.9. The van der Waals surface area contributed by atoms with E-state index in [9.17, 15) is 4.79 Å². The van der Waals surface area contributed by atoms with Crippen LogP contribution < -0.4 is 4.74 Å². The van der Waals surface area contributed by atoms with Crippen molar-refractivity contribution in [2.75, 3.05) is 7.11 Å². The number of hydrogen-bond acceptors (Lipinski definition) is 6. The second-order valence-electron chi connectivity index (χ2n) is 8.15. The highest BCUT2D eigenvalue weighted by molar-refractivity contribution is 6.07. The van der Waals surface area contributed by atoms with Gasteiger partial charge < -0.3 is 14.0 Å². The summed E-state index contributed by atoms with van der Waals surface area (Å²) in [7, 11) is 1.65. The molecule has 0 saturated heterocycles. The molecule has 0 bridgehead atoms. The average molecular weight is 440 g/mol. The maximum atomic E-state index is 13.3. The predicted molar refractivity (Wildman–Crippen MR) is 126 cm³/mol. The molecule has 6 nitrogen and oxygen atoms in total. The highest BCUT2D eigenvalue weighted by atomic mass is 16.5. The van der Waals surface area contributed by atoms with Crippen LogP contribution in [0.1, 0.15) is 50.6 Å². The van der Waals surface area contributed by atoms with Crippen molar-refractivity contribution >= 4 is 28.5 Å². The van der Waals surface area contributed by atoms with Crippen LogP contribution >= 0.6 is 0 Å². The lowest BCUT2D eigenvalue weighted by Gasteiger charge is -2.12. The van der Waals surface area contributed by atoms with Crippen molar-refractivity contribution in [3.05, 3.63) is 87.9 Å². The Kier molecular flexibility index (Phi) is 5.42. The molecule has 166 valence electrons. The van der Waals surface area contributed by atoms with Gasteiger partial charge in [-0.25, -0.2) is 9.78 Å². The summed E-state index contributed by atoms with van der Waals surface area (Å²) in [5.41, 5.74) is 6.90. The molecule has 2 heterocycles. The van der Waals surface area contributed by atoms with Gasteiger partial charge in [0, 0.05) is 5.39 Å². The van der Waals surface area contributed by atoms with E-state index in [1.807, 2.05) is 62.4 Å². The van der Waals surface area contributed by atoms with E-state index in [0.717, 1.165) is 63.1 Å². The summed E-state index contributed by atoms with van der Waals surface area (Å²) in [4.78, 5) is 18.3. The molecule has 0 amide bonds. The molecule has 0 atom stereocenters. The first-order chi connectivity index (χ1) is 16.0. The first-order valence-electron chi connectivity index (χ1n) is 10.9. The number of fused-ring (bicyclic) bond motifs is 2. The van der Waals surface area contributed by atoms with Crippen LogP contribution in [-0.2, 0) is 17.8 Å². The quantitative estimate of drug-likeness (QED) is 0.371. The van der Waals surface area contributed by atoms with Gasteiger partial charge in [-0.15, -0.1) is 0 Å². The molecule has 33 heavy (non-hydrogen) atoms. The van der Waals surface area contributed by atoms with Crippen molar-refractivity contribution in [1.82, 2.24) is 10.1 Å². The molecule has 0 spiro atoms. The van der Waals surface area contributed by atoms with E-state index in [0.29, 0.717) is 11.3 Å². The molecule has 2 aromatic heterocycles. The van der Waals surface area contributed by atoms with Gasteiger partial charge in [-0.05, 0) is 67.7 Å². The lowest BCUT2D eigenvalue weighted by atomic mass is 10.0. The van der Waals surface area contributed by atoms with E-state index in [2.05, 4.69) is 11.2 Å². The number of carbonyl (C=O) groups excluding carboxylic acids is 1.